The van der Waals surface area contributed by atoms with Crippen LogP contribution in [0.15, 0.2) is 38.5 Å². The van der Waals surface area contributed by atoms with Crippen molar-refractivity contribution >= 4 is 44.7 Å². The van der Waals surface area contributed by atoms with Crippen molar-refractivity contribution in [2.24, 2.45) is 0 Å². The molecule has 120 valence electrons. The highest BCUT2D eigenvalue weighted by Crippen LogP contribution is 2.41. The largest absolute Gasteiger partial charge is 0.410 e. The molecular weight excluding hydrogens is 360 g/mol. The lowest BCUT2D eigenvalue weighted by molar-refractivity contribution is 0.466. The highest BCUT2D eigenvalue weighted by molar-refractivity contribution is 7.99. The Labute approximate surface area is 150 Å². The van der Waals surface area contributed by atoms with Crippen LogP contribution in [-0.4, -0.2) is 20.2 Å². The zero-order chi connectivity index (χ0) is 15.9. The van der Waals surface area contributed by atoms with Gasteiger partial charge in [0.15, 0.2) is 0 Å². The Hall–Kier alpha value is -1.77. The highest BCUT2D eigenvalue weighted by atomic mass is 32.2. The van der Waals surface area contributed by atoms with Crippen LogP contribution in [0.25, 0.3) is 21.0 Å². The molecule has 0 amide bonds. The number of rotatable bonds is 3. The van der Waals surface area contributed by atoms with Crippen molar-refractivity contribution in [1.82, 2.24) is 20.2 Å². The molecule has 1 aliphatic carbocycles. The number of aromatic nitrogens is 4. The van der Waals surface area contributed by atoms with Gasteiger partial charge in [0.2, 0.25) is 0 Å². The summed E-state index contributed by atoms with van der Waals surface area (Å²) in [5, 5.41) is 12.9. The van der Waals surface area contributed by atoms with Crippen LogP contribution in [-0.2, 0) is 12.8 Å². The van der Waals surface area contributed by atoms with Gasteiger partial charge in [0.05, 0.1) is 4.88 Å². The molecule has 4 aromatic heterocycles. The van der Waals surface area contributed by atoms with Crippen LogP contribution in [0.2, 0.25) is 0 Å². The van der Waals surface area contributed by atoms with Crippen molar-refractivity contribution in [3.05, 3.63) is 34.3 Å². The molecule has 0 atom stereocenters. The van der Waals surface area contributed by atoms with E-state index in [9.17, 15) is 0 Å². The van der Waals surface area contributed by atoms with Gasteiger partial charge in [-0.15, -0.1) is 32.9 Å². The van der Waals surface area contributed by atoms with E-state index in [1.807, 2.05) is 17.5 Å². The molecule has 0 unspecified atom stereocenters. The lowest BCUT2D eigenvalue weighted by Crippen LogP contribution is -1.98. The third kappa shape index (κ3) is 2.45. The molecule has 8 heteroatoms. The maximum atomic E-state index is 5.80. The molecule has 0 aromatic carbocycles. The second-order valence-electron chi connectivity index (χ2n) is 5.52. The van der Waals surface area contributed by atoms with E-state index in [0.29, 0.717) is 11.1 Å². The van der Waals surface area contributed by atoms with E-state index in [4.69, 9.17) is 4.42 Å². The molecule has 0 saturated carbocycles. The smallest absolute Gasteiger partial charge is 0.283 e. The van der Waals surface area contributed by atoms with Gasteiger partial charge in [-0.3, -0.25) is 0 Å². The molecule has 0 radical (unpaired) electrons. The third-order valence-electron chi connectivity index (χ3n) is 4.04. The summed E-state index contributed by atoms with van der Waals surface area (Å²) in [6.45, 7) is 0. The number of thiophene rings is 2. The minimum atomic E-state index is 0.522. The number of hydrogen-bond acceptors (Lipinski definition) is 8. The topological polar surface area (TPSA) is 64.7 Å². The molecule has 5 nitrogen and oxygen atoms in total. The molecule has 4 heterocycles. The Morgan fingerprint density at radius 2 is 2.08 bits per heavy atom. The summed E-state index contributed by atoms with van der Waals surface area (Å²) in [5.74, 6) is 0.560. The molecule has 0 aliphatic heterocycles. The summed E-state index contributed by atoms with van der Waals surface area (Å²) in [5.41, 5.74) is 1.42. The van der Waals surface area contributed by atoms with Crippen molar-refractivity contribution < 1.29 is 4.42 Å². The molecule has 1 aliphatic rings. The fraction of sp³-hybridized carbons (Fsp3) is 0.250. The molecule has 4 aromatic rings. The summed E-state index contributed by atoms with van der Waals surface area (Å²) >= 11 is 4.82. The summed E-state index contributed by atoms with van der Waals surface area (Å²) < 4.78 is 5.80. The van der Waals surface area contributed by atoms with Gasteiger partial charge in [-0.05, 0) is 54.5 Å². The Bertz CT molecular complexity index is 1010. The number of hydrogen-bond donors (Lipinski definition) is 0. The van der Waals surface area contributed by atoms with Gasteiger partial charge in [0, 0.05) is 10.3 Å². The van der Waals surface area contributed by atoms with Crippen LogP contribution < -0.4 is 0 Å². The Morgan fingerprint density at radius 3 is 3.00 bits per heavy atom. The van der Waals surface area contributed by atoms with E-state index < -0.39 is 0 Å². The van der Waals surface area contributed by atoms with Gasteiger partial charge < -0.3 is 4.42 Å². The first kappa shape index (κ1) is 14.6. The average molecular weight is 373 g/mol. The normalized spacial score (nSPS) is 14.2. The first-order chi connectivity index (χ1) is 11.9. The van der Waals surface area contributed by atoms with E-state index in [2.05, 4.69) is 20.2 Å². The van der Waals surface area contributed by atoms with Crippen molar-refractivity contribution in [2.75, 3.05) is 0 Å². The van der Waals surface area contributed by atoms with Crippen LogP contribution in [0.1, 0.15) is 23.3 Å². The fourth-order valence-electron chi connectivity index (χ4n) is 2.97. The van der Waals surface area contributed by atoms with E-state index in [0.717, 1.165) is 27.6 Å². The quantitative estimate of drug-likeness (QED) is 0.480. The lowest BCUT2D eigenvalue weighted by Gasteiger charge is -2.10. The zero-order valence-electron chi connectivity index (χ0n) is 12.6. The van der Waals surface area contributed by atoms with Crippen molar-refractivity contribution in [3.8, 4) is 10.8 Å². The molecule has 5 rings (SSSR count). The van der Waals surface area contributed by atoms with E-state index in [-0.39, 0.29) is 0 Å². The average Bonchev–Trinajstić information content (AvgIpc) is 3.34. The molecule has 24 heavy (non-hydrogen) atoms. The molecular formula is C16H12N4OS3. The number of fused-ring (bicyclic) bond motifs is 3. The van der Waals surface area contributed by atoms with Gasteiger partial charge in [-0.1, -0.05) is 6.07 Å². The van der Waals surface area contributed by atoms with Crippen LogP contribution in [0.5, 0.6) is 0 Å². The van der Waals surface area contributed by atoms with Crippen LogP contribution in [0.3, 0.4) is 0 Å². The number of aryl methyl sites for hydroxylation is 2. The number of nitrogens with zero attached hydrogens (tertiary/aromatic N) is 4. The van der Waals surface area contributed by atoms with Gasteiger partial charge >= 0.3 is 0 Å². The van der Waals surface area contributed by atoms with Crippen molar-refractivity contribution in [1.29, 1.82) is 0 Å². The van der Waals surface area contributed by atoms with Gasteiger partial charge in [-0.2, -0.15) is 0 Å². The van der Waals surface area contributed by atoms with Crippen molar-refractivity contribution in [2.45, 2.75) is 35.9 Å². The Morgan fingerprint density at radius 1 is 1.12 bits per heavy atom. The van der Waals surface area contributed by atoms with Crippen LogP contribution >= 0.6 is 34.4 Å². The predicted octanol–water partition coefficient (Wildman–Crippen LogP) is 4.83. The second-order valence-corrected chi connectivity index (χ2v) is 8.49. The summed E-state index contributed by atoms with van der Waals surface area (Å²) in [4.78, 5) is 12.5. The van der Waals surface area contributed by atoms with Gasteiger partial charge in [-0.25, -0.2) is 9.97 Å². The Kier molecular flexibility index (Phi) is 3.61. The lowest BCUT2D eigenvalue weighted by atomic mass is 9.97. The van der Waals surface area contributed by atoms with E-state index >= 15 is 0 Å². The van der Waals surface area contributed by atoms with E-state index in [1.165, 1.54) is 40.4 Å². The molecule has 0 N–H and O–H groups in total. The van der Waals surface area contributed by atoms with Gasteiger partial charge in [0.1, 0.15) is 16.2 Å². The van der Waals surface area contributed by atoms with E-state index in [1.54, 1.807) is 29.0 Å². The summed E-state index contributed by atoms with van der Waals surface area (Å²) in [6, 6.07) is 3.95. The van der Waals surface area contributed by atoms with Gasteiger partial charge in [0.25, 0.3) is 11.1 Å². The summed E-state index contributed by atoms with van der Waals surface area (Å²) in [6.07, 6.45) is 6.40. The first-order valence-corrected chi connectivity index (χ1v) is 10.2. The minimum Gasteiger partial charge on any atom is -0.410 e. The zero-order valence-corrected chi connectivity index (χ0v) is 15.0. The highest BCUT2D eigenvalue weighted by Gasteiger charge is 2.21. The second kappa shape index (κ2) is 5.94. The fourth-order valence-corrected chi connectivity index (χ4v) is 5.70. The Balaban J connectivity index is 1.54. The molecule has 0 spiro atoms. The molecule has 0 fully saturated rings. The minimum absolute atomic E-state index is 0.522. The monoisotopic (exact) mass is 372 g/mol. The predicted molar refractivity (Wildman–Crippen MR) is 95.8 cm³/mol. The SMILES string of the molecule is c1csc(-c2nnc(Sc3ncnc4sc5c(c34)CCCC5)o2)c1. The van der Waals surface area contributed by atoms with Crippen LogP contribution in [0.4, 0.5) is 0 Å². The van der Waals surface area contributed by atoms with Crippen molar-refractivity contribution in [3.63, 3.8) is 0 Å². The first-order valence-electron chi connectivity index (χ1n) is 7.69. The third-order valence-corrected chi connectivity index (χ3v) is 6.94. The van der Waals surface area contributed by atoms with Crippen LogP contribution in [0, 0.1) is 0 Å². The maximum absolute atomic E-state index is 5.80. The molecule has 0 bridgehead atoms. The standard InChI is InChI=1S/C16H12N4OS3/c1-2-5-10-9(4-1)12-14(23-10)17-8-18-15(12)24-16-20-19-13(21-16)11-6-3-7-22-11/h3,6-8H,1-2,4-5H2. The molecule has 0 saturated heterocycles. The summed E-state index contributed by atoms with van der Waals surface area (Å²) in [7, 11) is 0. The maximum Gasteiger partial charge on any atom is 0.283 e.